The Hall–Kier alpha value is -1.58. The molecule has 3 nitrogen and oxygen atoms in total. The zero-order chi connectivity index (χ0) is 8.97. The Balaban J connectivity index is 3.10. The van der Waals surface area contributed by atoms with E-state index in [0.29, 0.717) is 11.3 Å². The molecule has 0 aliphatic rings. The van der Waals surface area contributed by atoms with Gasteiger partial charge in [-0.05, 0) is 12.1 Å². The molecule has 0 spiro atoms. The Labute approximate surface area is 69.1 Å². The summed E-state index contributed by atoms with van der Waals surface area (Å²) in [6.07, 6.45) is 1.18. The molecule has 0 fully saturated rings. The molecular weight excluding hydrogens is 161 g/mol. The number of methoxy groups -OCH3 is 1. The fourth-order valence-electron chi connectivity index (χ4n) is 0.854. The quantitative estimate of drug-likeness (QED) is 0.415. The average molecular weight is 169 g/mol. The molecule has 4 heteroatoms. The van der Waals surface area contributed by atoms with Crippen molar-refractivity contribution in [3.8, 4) is 5.75 Å². The predicted molar refractivity (Wildman–Crippen MR) is 42.3 cm³/mol. The van der Waals surface area contributed by atoms with Crippen LogP contribution in [0, 0.1) is 5.82 Å². The SMILES string of the molecule is COc1cc(F)ccc1/C=N/O. The molecule has 0 heterocycles. The molecule has 0 saturated heterocycles. The summed E-state index contributed by atoms with van der Waals surface area (Å²) in [7, 11) is 1.42. The molecule has 0 saturated carbocycles. The zero-order valence-electron chi connectivity index (χ0n) is 6.49. The van der Waals surface area contributed by atoms with Crippen molar-refractivity contribution in [2.24, 2.45) is 5.16 Å². The standard InChI is InChI=1S/C8H8FNO2/c1-12-8-4-7(9)3-2-6(8)5-10-11/h2-5,11H,1H3/b10-5+. The number of benzene rings is 1. The Bertz CT molecular complexity index is 299. The highest BCUT2D eigenvalue weighted by atomic mass is 19.1. The van der Waals surface area contributed by atoms with E-state index in [0.717, 1.165) is 0 Å². The minimum atomic E-state index is -0.387. The first-order valence-electron chi connectivity index (χ1n) is 3.29. The van der Waals surface area contributed by atoms with Gasteiger partial charge in [-0.1, -0.05) is 5.16 Å². The third-order valence-corrected chi connectivity index (χ3v) is 1.39. The lowest BCUT2D eigenvalue weighted by Gasteiger charge is -2.02. The number of rotatable bonds is 2. The molecule has 12 heavy (non-hydrogen) atoms. The first-order chi connectivity index (χ1) is 5.77. The van der Waals surface area contributed by atoms with Gasteiger partial charge in [0.2, 0.25) is 0 Å². The summed E-state index contributed by atoms with van der Waals surface area (Å²) in [5, 5.41) is 11.0. The van der Waals surface area contributed by atoms with Gasteiger partial charge >= 0.3 is 0 Å². The van der Waals surface area contributed by atoms with E-state index in [1.807, 2.05) is 0 Å². The van der Waals surface area contributed by atoms with Crippen LogP contribution in [0.2, 0.25) is 0 Å². The average Bonchev–Trinajstić information content (AvgIpc) is 2.08. The lowest BCUT2D eigenvalue weighted by Crippen LogP contribution is -1.91. The predicted octanol–water partition coefficient (Wildman–Crippen LogP) is 1.64. The summed E-state index contributed by atoms with van der Waals surface area (Å²) in [5.41, 5.74) is 0.529. The molecule has 1 rings (SSSR count). The fraction of sp³-hybridized carbons (Fsp3) is 0.125. The van der Waals surface area contributed by atoms with Crippen LogP contribution in [-0.2, 0) is 0 Å². The maximum absolute atomic E-state index is 12.6. The van der Waals surface area contributed by atoms with E-state index in [4.69, 9.17) is 9.94 Å². The summed E-state index contributed by atoms with van der Waals surface area (Å²) in [6.45, 7) is 0. The van der Waals surface area contributed by atoms with Crippen LogP contribution in [0.5, 0.6) is 5.75 Å². The first-order valence-corrected chi connectivity index (χ1v) is 3.29. The van der Waals surface area contributed by atoms with Gasteiger partial charge in [0, 0.05) is 11.6 Å². The summed E-state index contributed by atoms with van der Waals surface area (Å²) >= 11 is 0. The lowest BCUT2D eigenvalue weighted by molar-refractivity contribution is 0.321. The zero-order valence-corrected chi connectivity index (χ0v) is 6.49. The van der Waals surface area contributed by atoms with Crippen molar-refractivity contribution in [3.05, 3.63) is 29.6 Å². The van der Waals surface area contributed by atoms with E-state index in [1.165, 1.54) is 31.5 Å². The molecule has 1 aromatic carbocycles. The van der Waals surface area contributed by atoms with Gasteiger partial charge in [-0.25, -0.2) is 4.39 Å². The molecular formula is C8H8FNO2. The van der Waals surface area contributed by atoms with Crippen molar-refractivity contribution in [2.45, 2.75) is 0 Å². The van der Waals surface area contributed by atoms with Crippen LogP contribution in [0.25, 0.3) is 0 Å². The third-order valence-electron chi connectivity index (χ3n) is 1.39. The van der Waals surface area contributed by atoms with E-state index in [9.17, 15) is 4.39 Å². The molecule has 0 unspecified atom stereocenters. The van der Waals surface area contributed by atoms with Crippen molar-refractivity contribution in [3.63, 3.8) is 0 Å². The van der Waals surface area contributed by atoms with Crippen molar-refractivity contribution < 1.29 is 14.3 Å². The molecule has 0 atom stereocenters. The highest BCUT2D eigenvalue weighted by molar-refractivity contribution is 5.82. The van der Waals surface area contributed by atoms with Crippen LogP contribution >= 0.6 is 0 Å². The normalized spacial score (nSPS) is 10.5. The van der Waals surface area contributed by atoms with Crippen LogP contribution in [0.15, 0.2) is 23.4 Å². The molecule has 1 aromatic rings. The Morgan fingerprint density at radius 2 is 2.33 bits per heavy atom. The van der Waals surface area contributed by atoms with E-state index in [1.54, 1.807) is 0 Å². The molecule has 1 N–H and O–H groups in total. The monoisotopic (exact) mass is 169 g/mol. The number of hydrogen-bond donors (Lipinski definition) is 1. The van der Waals surface area contributed by atoms with Gasteiger partial charge in [0.15, 0.2) is 0 Å². The van der Waals surface area contributed by atoms with Gasteiger partial charge in [0.05, 0.1) is 13.3 Å². The first kappa shape index (κ1) is 8.52. The van der Waals surface area contributed by atoms with Crippen LogP contribution in [0.1, 0.15) is 5.56 Å². The second kappa shape index (κ2) is 3.71. The maximum atomic E-state index is 12.6. The van der Waals surface area contributed by atoms with Gasteiger partial charge in [-0.2, -0.15) is 0 Å². The smallest absolute Gasteiger partial charge is 0.130 e. The van der Waals surface area contributed by atoms with Crippen LogP contribution < -0.4 is 4.74 Å². The number of hydrogen-bond acceptors (Lipinski definition) is 3. The molecule has 0 aliphatic heterocycles. The second-order valence-corrected chi connectivity index (χ2v) is 2.13. The van der Waals surface area contributed by atoms with E-state index in [-0.39, 0.29) is 5.82 Å². The third kappa shape index (κ3) is 1.72. The highest BCUT2D eigenvalue weighted by Crippen LogP contribution is 2.17. The Kier molecular flexibility index (Phi) is 2.63. The van der Waals surface area contributed by atoms with Gasteiger partial charge in [0.1, 0.15) is 11.6 Å². The summed E-state index contributed by atoms with van der Waals surface area (Å²) in [4.78, 5) is 0. The van der Waals surface area contributed by atoms with Crippen LogP contribution in [-0.4, -0.2) is 18.5 Å². The van der Waals surface area contributed by atoms with Gasteiger partial charge in [-0.3, -0.25) is 0 Å². The van der Waals surface area contributed by atoms with Crippen molar-refractivity contribution >= 4 is 6.21 Å². The molecule has 0 amide bonds. The van der Waals surface area contributed by atoms with Gasteiger partial charge < -0.3 is 9.94 Å². The minimum absolute atomic E-state index is 0.341. The van der Waals surface area contributed by atoms with Gasteiger partial charge in [-0.15, -0.1) is 0 Å². The molecule has 0 aliphatic carbocycles. The number of halogens is 1. The Morgan fingerprint density at radius 1 is 1.58 bits per heavy atom. The van der Waals surface area contributed by atoms with Crippen molar-refractivity contribution in [1.82, 2.24) is 0 Å². The minimum Gasteiger partial charge on any atom is -0.496 e. The number of ether oxygens (including phenoxy) is 1. The van der Waals surface area contributed by atoms with E-state index < -0.39 is 0 Å². The van der Waals surface area contributed by atoms with Crippen LogP contribution in [0.3, 0.4) is 0 Å². The molecule has 0 aromatic heterocycles. The molecule has 0 bridgehead atoms. The largest absolute Gasteiger partial charge is 0.496 e. The highest BCUT2D eigenvalue weighted by Gasteiger charge is 2.01. The summed E-state index contributed by atoms with van der Waals surface area (Å²) in [6, 6.07) is 3.95. The fourth-order valence-corrected chi connectivity index (χ4v) is 0.854. The number of oxime groups is 1. The van der Waals surface area contributed by atoms with Crippen molar-refractivity contribution in [1.29, 1.82) is 0 Å². The number of nitrogens with zero attached hydrogens (tertiary/aromatic N) is 1. The Morgan fingerprint density at radius 3 is 2.92 bits per heavy atom. The second-order valence-electron chi connectivity index (χ2n) is 2.13. The molecule has 0 radical (unpaired) electrons. The summed E-state index contributed by atoms with van der Waals surface area (Å²) in [5.74, 6) is -0.0465. The summed E-state index contributed by atoms with van der Waals surface area (Å²) < 4.78 is 17.4. The molecule has 64 valence electrons. The van der Waals surface area contributed by atoms with Crippen molar-refractivity contribution in [2.75, 3.05) is 7.11 Å². The van der Waals surface area contributed by atoms with Gasteiger partial charge in [0.25, 0.3) is 0 Å². The lowest BCUT2D eigenvalue weighted by atomic mass is 10.2. The maximum Gasteiger partial charge on any atom is 0.130 e. The van der Waals surface area contributed by atoms with E-state index >= 15 is 0 Å². The van der Waals surface area contributed by atoms with Crippen LogP contribution in [0.4, 0.5) is 4.39 Å². The van der Waals surface area contributed by atoms with E-state index in [2.05, 4.69) is 5.16 Å². The topological polar surface area (TPSA) is 41.8 Å².